The number of ether oxygens (including phenoxy) is 1. The number of aromatic nitrogens is 2. The molecule has 0 saturated heterocycles. The molecule has 10 heteroatoms. The first kappa shape index (κ1) is 22.8. The zero-order chi connectivity index (χ0) is 24.2. The first-order chi connectivity index (χ1) is 16.3. The minimum absolute atomic E-state index is 0.113. The van der Waals surface area contributed by atoms with Gasteiger partial charge in [-0.2, -0.15) is 5.10 Å². The molecule has 1 aliphatic heterocycles. The number of carbonyl (C=O) groups excluding carboxylic acids is 2. The van der Waals surface area contributed by atoms with Crippen molar-refractivity contribution in [1.82, 2.24) is 20.0 Å². The van der Waals surface area contributed by atoms with Gasteiger partial charge in [0.15, 0.2) is 0 Å². The quantitative estimate of drug-likeness (QED) is 0.434. The summed E-state index contributed by atoms with van der Waals surface area (Å²) in [7, 11) is 1.87. The molecule has 0 unspecified atom stereocenters. The highest BCUT2D eigenvalue weighted by Crippen LogP contribution is 2.23. The molecular weight excluding hydrogens is 440 g/mol. The Kier molecular flexibility index (Phi) is 6.48. The maximum absolute atomic E-state index is 12.7. The molecule has 0 aliphatic carbocycles. The normalized spacial score (nSPS) is 13.9. The Bertz CT molecular complexity index is 1280. The summed E-state index contributed by atoms with van der Waals surface area (Å²) in [4.78, 5) is 37.0. The molecule has 10 nitrogen and oxygen atoms in total. The third-order valence-corrected chi connectivity index (χ3v) is 5.57. The van der Waals surface area contributed by atoms with E-state index in [4.69, 9.17) is 9.84 Å². The van der Waals surface area contributed by atoms with Gasteiger partial charge in [-0.05, 0) is 23.8 Å². The molecule has 0 atom stereocenters. The second-order valence-corrected chi connectivity index (χ2v) is 7.89. The van der Waals surface area contributed by atoms with Crippen LogP contribution in [0.2, 0.25) is 0 Å². The summed E-state index contributed by atoms with van der Waals surface area (Å²) in [6.07, 6.45) is 0.113. The van der Waals surface area contributed by atoms with Gasteiger partial charge in [-0.15, -0.1) is 0 Å². The highest BCUT2D eigenvalue weighted by Gasteiger charge is 2.32. The SMILES string of the molecule is Cn1nc2ccccc2c1COc1ccc(CN2CCC(O)=C(C(=O)NCC(=O)O)C2=O)cc1. The Morgan fingerprint density at radius 3 is 2.62 bits per heavy atom. The van der Waals surface area contributed by atoms with Crippen molar-refractivity contribution in [3.63, 3.8) is 0 Å². The van der Waals surface area contributed by atoms with Crippen LogP contribution in [-0.2, 0) is 34.6 Å². The number of rotatable bonds is 8. The number of fused-ring (bicyclic) bond motifs is 1. The molecule has 2 aromatic carbocycles. The largest absolute Gasteiger partial charge is 0.511 e. The minimum Gasteiger partial charge on any atom is -0.511 e. The van der Waals surface area contributed by atoms with Gasteiger partial charge in [0.2, 0.25) is 0 Å². The van der Waals surface area contributed by atoms with Crippen molar-refractivity contribution in [2.75, 3.05) is 13.1 Å². The Labute approximate surface area is 195 Å². The molecule has 2 amide bonds. The lowest BCUT2D eigenvalue weighted by Gasteiger charge is -2.28. The third kappa shape index (κ3) is 4.85. The summed E-state index contributed by atoms with van der Waals surface area (Å²) >= 11 is 0. The Balaban J connectivity index is 1.38. The molecule has 34 heavy (non-hydrogen) atoms. The Morgan fingerprint density at radius 2 is 1.88 bits per heavy atom. The Hall–Kier alpha value is -4.34. The van der Waals surface area contributed by atoms with E-state index < -0.39 is 29.9 Å². The fraction of sp³-hybridized carbons (Fsp3) is 0.250. The van der Waals surface area contributed by atoms with Gasteiger partial charge in [-0.3, -0.25) is 19.1 Å². The van der Waals surface area contributed by atoms with E-state index in [-0.39, 0.29) is 25.3 Å². The van der Waals surface area contributed by atoms with Crippen LogP contribution < -0.4 is 10.1 Å². The van der Waals surface area contributed by atoms with Crippen LogP contribution in [0.25, 0.3) is 10.9 Å². The molecule has 0 radical (unpaired) electrons. The molecule has 3 N–H and O–H groups in total. The number of carboxylic acids is 1. The number of aliphatic carboxylic acids is 1. The van der Waals surface area contributed by atoms with Crippen LogP contribution in [-0.4, -0.2) is 55.8 Å². The maximum Gasteiger partial charge on any atom is 0.322 e. The average Bonchev–Trinajstić information content (AvgIpc) is 3.14. The topological polar surface area (TPSA) is 134 Å². The molecule has 0 saturated carbocycles. The fourth-order valence-electron chi connectivity index (χ4n) is 3.81. The van der Waals surface area contributed by atoms with Gasteiger partial charge < -0.3 is 25.2 Å². The van der Waals surface area contributed by atoms with Crippen LogP contribution in [0.5, 0.6) is 5.75 Å². The number of nitrogens with zero attached hydrogens (tertiary/aromatic N) is 3. The number of hydrogen-bond acceptors (Lipinski definition) is 6. The van der Waals surface area contributed by atoms with Gasteiger partial charge in [-0.25, -0.2) is 0 Å². The molecule has 3 aromatic rings. The number of nitrogens with one attached hydrogen (secondary N) is 1. The van der Waals surface area contributed by atoms with E-state index >= 15 is 0 Å². The molecule has 4 rings (SSSR count). The number of hydrogen-bond donors (Lipinski definition) is 3. The highest BCUT2D eigenvalue weighted by molar-refractivity contribution is 6.19. The van der Waals surface area contributed by atoms with Gasteiger partial charge in [0.25, 0.3) is 11.8 Å². The third-order valence-electron chi connectivity index (χ3n) is 5.57. The molecule has 0 spiro atoms. The monoisotopic (exact) mass is 464 g/mol. The van der Waals surface area contributed by atoms with Crippen molar-refractivity contribution in [1.29, 1.82) is 0 Å². The van der Waals surface area contributed by atoms with E-state index in [9.17, 15) is 19.5 Å². The van der Waals surface area contributed by atoms with Gasteiger partial charge >= 0.3 is 5.97 Å². The molecule has 176 valence electrons. The first-order valence-electron chi connectivity index (χ1n) is 10.7. The number of aliphatic hydroxyl groups is 1. The maximum atomic E-state index is 12.7. The van der Waals surface area contributed by atoms with Crippen LogP contribution in [0.3, 0.4) is 0 Å². The summed E-state index contributed by atoms with van der Waals surface area (Å²) < 4.78 is 7.73. The predicted molar refractivity (Wildman–Crippen MR) is 122 cm³/mol. The smallest absolute Gasteiger partial charge is 0.322 e. The lowest BCUT2D eigenvalue weighted by atomic mass is 10.0. The van der Waals surface area contributed by atoms with E-state index in [0.29, 0.717) is 12.4 Å². The van der Waals surface area contributed by atoms with E-state index in [1.807, 2.05) is 43.4 Å². The molecule has 1 aromatic heterocycles. The van der Waals surface area contributed by atoms with Crippen molar-refractivity contribution in [3.05, 3.63) is 71.1 Å². The second-order valence-electron chi connectivity index (χ2n) is 7.89. The minimum atomic E-state index is -1.24. The van der Waals surface area contributed by atoms with Crippen LogP contribution in [0, 0.1) is 0 Å². The number of amides is 2. The number of aryl methyl sites for hydroxylation is 1. The van der Waals surface area contributed by atoms with Crippen molar-refractivity contribution >= 4 is 28.7 Å². The van der Waals surface area contributed by atoms with Gasteiger partial charge in [0.05, 0.1) is 11.2 Å². The molecule has 0 bridgehead atoms. The number of carboxylic acid groups (broad SMARTS) is 1. The zero-order valence-electron chi connectivity index (χ0n) is 18.5. The predicted octanol–water partition coefficient (Wildman–Crippen LogP) is 1.90. The van der Waals surface area contributed by atoms with Gasteiger partial charge in [-0.1, -0.05) is 30.3 Å². The summed E-state index contributed by atoms with van der Waals surface area (Å²) in [5.41, 5.74) is 2.26. The number of carbonyl (C=O) groups is 3. The van der Waals surface area contributed by atoms with Crippen molar-refractivity contribution < 1.29 is 29.3 Å². The van der Waals surface area contributed by atoms with E-state index in [1.165, 1.54) is 4.90 Å². The highest BCUT2D eigenvalue weighted by atomic mass is 16.5. The van der Waals surface area contributed by atoms with Crippen molar-refractivity contribution in [2.24, 2.45) is 7.05 Å². The summed E-state index contributed by atoms with van der Waals surface area (Å²) in [6.45, 7) is 0.180. The number of benzene rings is 2. The van der Waals surface area contributed by atoms with Crippen LogP contribution >= 0.6 is 0 Å². The lowest BCUT2D eigenvalue weighted by molar-refractivity contribution is -0.138. The summed E-state index contributed by atoms with van der Waals surface area (Å²) in [5, 5.41) is 26.4. The summed E-state index contributed by atoms with van der Waals surface area (Å²) in [6, 6.07) is 15.1. The lowest BCUT2D eigenvalue weighted by Crippen LogP contribution is -2.43. The second kappa shape index (κ2) is 9.65. The average molecular weight is 464 g/mol. The van der Waals surface area contributed by atoms with E-state index in [1.54, 1.807) is 16.8 Å². The zero-order valence-corrected chi connectivity index (χ0v) is 18.5. The van der Waals surface area contributed by atoms with E-state index in [0.717, 1.165) is 22.2 Å². The number of aliphatic hydroxyl groups excluding tert-OH is 1. The Morgan fingerprint density at radius 1 is 1.15 bits per heavy atom. The van der Waals surface area contributed by atoms with Crippen molar-refractivity contribution in [2.45, 2.75) is 19.6 Å². The van der Waals surface area contributed by atoms with Gasteiger partial charge in [0, 0.05) is 31.9 Å². The fourth-order valence-corrected chi connectivity index (χ4v) is 3.81. The molecular formula is C24H24N4O6. The van der Waals surface area contributed by atoms with Crippen LogP contribution in [0.1, 0.15) is 17.7 Å². The van der Waals surface area contributed by atoms with Crippen LogP contribution in [0.15, 0.2) is 59.9 Å². The van der Waals surface area contributed by atoms with Crippen molar-refractivity contribution in [3.8, 4) is 5.75 Å². The van der Waals surface area contributed by atoms with E-state index in [2.05, 4.69) is 10.4 Å². The first-order valence-corrected chi connectivity index (χ1v) is 10.7. The summed E-state index contributed by atoms with van der Waals surface area (Å²) in [5.74, 6) is -2.47. The molecule has 0 fully saturated rings. The standard InChI is InChI=1S/C24H24N4O6/c1-27-19(17-4-2-3-5-18(17)26-27)14-34-16-8-6-15(7-9-16)13-28-11-10-20(29)22(24(28)33)23(32)25-12-21(30)31/h2-9,29H,10-14H2,1H3,(H,25,32)(H,30,31). The van der Waals surface area contributed by atoms with Gasteiger partial charge in [0.1, 0.15) is 30.2 Å². The molecule has 2 heterocycles. The molecule has 1 aliphatic rings. The van der Waals surface area contributed by atoms with Crippen LogP contribution in [0.4, 0.5) is 0 Å².